The Balaban J connectivity index is 1.58. The third kappa shape index (κ3) is 2.71. The van der Waals surface area contributed by atoms with Gasteiger partial charge in [-0.05, 0) is 12.1 Å². The van der Waals surface area contributed by atoms with Gasteiger partial charge in [-0.1, -0.05) is 18.2 Å². The summed E-state index contributed by atoms with van der Waals surface area (Å²) in [5, 5.41) is 0. The molecule has 1 amide bonds. The maximum absolute atomic E-state index is 12.2. The highest BCUT2D eigenvalue weighted by atomic mass is 16.6. The van der Waals surface area contributed by atoms with Crippen molar-refractivity contribution in [2.24, 2.45) is 0 Å². The summed E-state index contributed by atoms with van der Waals surface area (Å²) in [6, 6.07) is 10.3. The van der Waals surface area contributed by atoms with Crippen LogP contribution in [0.2, 0.25) is 0 Å². The molecule has 0 aliphatic carbocycles. The zero-order valence-corrected chi connectivity index (χ0v) is 11.3. The molecule has 0 unspecified atom stereocenters. The average Bonchev–Trinajstić information content (AvgIpc) is 2.56. The summed E-state index contributed by atoms with van der Waals surface area (Å²) in [6.07, 6.45) is 1.43. The predicted octanol–water partition coefficient (Wildman–Crippen LogP) is 1.22. The monoisotopic (exact) mass is 274 g/mol. The lowest BCUT2D eigenvalue weighted by atomic mass is 10.2. The standard InChI is InChI=1S/C15H18N2O3/c18-15(14-12-19-10-11-20-14)17-8-6-16(7-9-17)13-4-2-1-3-5-13/h1-5,12H,6-11H2. The van der Waals surface area contributed by atoms with Crippen molar-refractivity contribution in [3.8, 4) is 0 Å². The molecule has 20 heavy (non-hydrogen) atoms. The molecule has 0 bridgehead atoms. The highest BCUT2D eigenvalue weighted by Gasteiger charge is 2.25. The second kappa shape index (κ2) is 5.86. The molecule has 0 aromatic heterocycles. The quantitative estimate of drug-likeness (QED) is 0.813. The van der Waals surface area contributed by atoms with E-state index < -0.39 is 0 Å². The van der Waals surface area contributed by atoms with Crippen LogP contribution < -0.4 is 4.90 Å². The summed E-state index contributed by atoms with van der Waals surface area (Å²) >= 11 is 0. The molecule has 1 aromatic carbocycles. The molecule has 1 saturated heterocycles. The van der Waals surface area contributed by atoms with E-state index in [0.717, 1.165) is 13.1 Å². The fourth-order valence-corrected chi connectivity index (χ4v) is 2.44. The minimum Gasteiger partial charge on any atom is -0.494 e. The van der Waals surface area contributed by atoms with E-state index in [1.54, 1.807) is 0 Å². The molecule has 0 atom stereocenters. The molecule has 2 aliphatic rings. The molecule has 5 heteroatoms. The van der Waals surface area contributed by atoms with Gasteiger partial charge in [0.05, 0.1) is 0 Å². The number of carbonyl (C=O) groups excluding carboxylic acids is 1. The summed E-state index contributed by atoms with van der Waals surface area (Å²) in [5.41, 5.74) is 1.20. The Labute approximate surface area is 118 Å². The lowest BCUT2D eigenvalue weighted by Gasteiger charge is -2.36. The lowest BCUT2D eigenvalue weighted by Crippen LogP contribution is -2.49. The summed E-state index contributed by atoms with van der Waals surface area (Å²) < 4.78 is 10.5. The Morgan fingerprint density at radius 2 is 1.75 bits per heavy atom. The maximum Gasteiger partial charge on any atom is 0.292 e. The van der Waals surface area contributed by atoms with Gasteiger partial charge in [-0.2, -0.15) is 0 Å². The normalized spacial score (nSPS) is 18.9. The second-order valence-electron chi connectivity index (χ2n) is 4.82. The topological polar surface area (TPSA) is 42.0 Å². The minimum absolute atomic E-state index is 0.0718. The molecule has 2 aliphatic heterocycles. The van der Waals surface area contributed by atoms with Crippen molar-refractivity contribution in [3.63, 3.8) is 0 Å². The first kappa shape index (κ1) is 12.8. The zero-order chi connectivity index (χ0) is 13.8. The van der Waals surface area contributed by atoms with Gasteiger partial charge in [-0.3, -0.25) is 4.79 Å². The van der Waals surface area contributed by atoms with Crippen LogP contribution in [0.15, 0.2) is 42.4 Å². The van der Waals surface area contributed by atoms with E-state index in [1.807, 2.05) is 23.1 Å². The molecule has 3 rings (SSSR count). The number of hydrogen-bond acceptors (Lipinski definition) is 4. The van der Waals surface area contributed by atoms with Crippen LogP contribution in [0, 0.1) is 0 Å². The third-order valence-electron chi connectivity index (χ3n) is 3.55. The van der Waals surface area contributed by atoms with E-state index in [4.69, 9.17) is 9.47 Å². The van der Waals surface area contributed by atoms with Gasteiger partial charge in [-0.25, -0.2) is 0 Å². The number of amides is 1. The fourth-order valence-electron chi connectivity index (χ4n) is 2.44. The third-order valence-corrected chi connectivity index (χ3v) is 3.55. The number of rotatable bonds is 2. The van der Waals surface area contributed by atoms with E-state index in [9.17, 15) is 4.79 Å². The van der Waals surface area contributed by atoms with Crippen LogP contribution in [-0.4, -0.2) is 50.2 Å². The molecule has 0 N–H and O–H groups in total. The van der Waals surface area contributed by atoms with E-state index in [2.05, 4.69) is 17.0 Å². The molecule has 1 aromatic rings. The Morgan fingerprint density at radius 3 is 2.40 bits per heavy atom. The smallest absolute Gasteiger partial charge is 0.292 e. The molecular formula is C15H18N2O3. The molecule has 0 radical (unpaired) electrons. The van der Waals surface area contributed by atoms with E-state index in [1.165, 1.54) is 11.9 Å². The first-order chi connectivity index (χ1) is 9.84. The van der Waals surface area contributed by atoms with Gasteiger partial charge in [0.2, 0.25) is 5.76 Å². The number of carbonyl (C=O) groups is 1. The van der Waals surface area contributed by atoms with Gasteiger partial charge in [0, 0.05) is 31.9 Å². The highest BCUT2D eigenvalue weighted by molar-refractivity contribution is 5.91. The number of hydrogen-bond donors (Lipinski definition) is 0. The van der Waals surface area contributed by atoms with Gasteiger partial charge >= 0.3 is 0 Å². The van der Waals surface area contributed by atoms with Crippen molar-refractivity contribution >= 4 is 11.6 Å². The van der Waals surface area contributed by atoms with Gasteiger partial charge in [-0.15, -0.1) is 0 Å². The Morgan fingerprint density at radius 1 is 1.00 bits per heavy atom. The lowest BCUT2D eigenvalue weighted by molar-refractivity contribution is -0.132. The summed E-state index contributed by atoms with van der Waals surface area (Å²) in [4.78, 5) is 16.3. The summed E-state index contributed by atoms with van der Waals surface area (Å²) in [5.74, 6) is 0.252. The summed E-state index contributed by atoms with van der Waals surface area (Å²) in [6.45, 7) is 4.04. The molecular weight excluding hydrogens is 256 g/mol. The molecule has 5 nitrogen and oxygen atoms in total. The Bertz CT molecular complexity index is 493. The first-order valence-corrected chi connectivity index (χ1v) is 6.88. The van der Waals surface area contributed by atoms with Gasteiger partial charge in [0.15, 0.2) is 0 Å². The van der Waals surface area contributed by atoms with Crippen molar-refractivity contribution in [1.29, 1.82) is 0 Å². The number of anilines is 1. The molecule has 0 spiro atoms. The van der Waals surface area contributed by atoms with Gasteiger partial charge < -0.3 is 19.3 Å². The van der Waals surface area contributed by atoms with Gasteiger partial charge in [0.25, 0.3) is 5.91 Å². The fraction of sp³-hybridized carbons (Fsp3) is 0.400. The van der Waals surface area contributed by atoms with Crippen molar-refractivity contribution in [2.75, 3.05) is 44.3 Å². The largest absolute Gasteiger partial charge is 0.494 e. The van der Waals surface area contributed by atoms with Gasteiger partial charge in [0.1, 0.15) is 19.5 Å². The van der Waals surface area contributed by atoms with Crippen LogP contribution >= 0.6 is 0 Å². The summed E-state index contributed by atoms with van der Waals surface area (Å²) in [7, 11) is 0. The Hall–Kier alpha value is -2.17. The number of piperazine rings is 1. The van der Waals surface area contributed by atoms with Crippen LogP contribution in [0.5, 0.6) is 0 Å². The van der Waals surface area contributed by atoms with E-state index in [0.29, 0.717) is 32.1 Å². The second-order valence-corrected chi connectivity index (χ2v) is 4.82. The molecule has 1 fully saturated rings. The minimum atomic E-state index is -0.0718. The first-order valence-electron chi connectivity index (χ1n) is 6.88. The number of benzene rings is 1. The van der Waals surface area contributed by atoms with Crippen LogP contribution in [0.25, 0.3) is 0 Å². The van der Waals surface area contributed by atoms with Crippen LogP contribution in [0.1, 0.15) is 0 Å². The molecule has 2 heterocycles. The van der Waals surface area contributed by atoms with E-state index in [-0.39, 0.29) is 5.91 Å². The van der Waals surface area contributed by atoms with E-state index >= 15 is 0 Å². The van der Waals surface area contributed by atoms with Crippen LogP contribution in [0.4, 0.5) is 5.69 Å². The Kier molecular flexibility index (Phi) is 3.76. The van der Waals surface area contributed by atoms with Crippen molar-refractivity contribution in [1.82, 2.24) is 4.90 Å². The van der Waals surface area contributed by atoms with Crippen molar-refractivity contribution < 1.29 is 14.3 Å². The molecule has 0 saturated carbocycles. The van der Waals surface area contributed by atoms with Crippen molar-refractivity contribution in [2.45, 2.75) is 0 Å². The maximum atomic E-state index is 12.2. The van der Waals surface area contributed by atoms with Crippen LogP contribution in [-0.2, 0) is 14.3 Å². The number of para-hydroxylation sites is 1. The zero-order valence-electron chi connectivity index (χ0n) is 11.3. The highest BCUT2D eigenvalue weighted by Crippen LogP contribution is 2.17. The number of nitrogens with zero attached hydrogens (tertiary/aromatic N) is 2. The average molecular weight is 274 g/mol. The molecule has 106 valence electrons. The number of ether oxygens (including phenoxy) is 2. The predicted molar refractivity (Wildman–Crippen MR) is 75.2 cm³/mol. The van der Waals surface area contributed by atoms with Crippen LogP contribution in [0.3, 0.4) is 0 Å². The van der Waals surface area contributed by atoms with Crippen molar-refractivity contribution in [3.05, 3.63) is 42.4 Å². The SMILES string of the molecule is O=C(C1=COCCO1)N1CCN(c2ccccc2)CC1.